The van der Waals surface area contributed by atoms with Gasteiger partial charge in [-0.05, 0) is 47.3 Å². The SMILES string of the molecule is O=c1c2sccc2nc(SCc2cccnc2)n1-c1ccc(F)cc1. The van der Waals surface area contributed by atoms with Gasteiger partial charge in [0.05, 0.1) is 11.2 Å². The largest absolute Gasteiger partial charge is 0.276 e. The number of halogens is 1. The number of benzene rings is 1. The molecule has 0 aliphatic heterocycles. The van der Waals surface area contributed by atoms with Gasteiger partial charge in [0, 0.05) is 18.1 Å². The van der Waals surface area contributed by atoms with E-state index in [2.05, 4.69) is 9.97 Å². The fraction of sp³-hybridized carbons (Fsp3) is 0.0556. The van der Waals surface area contributed by atoms with Gasteiger partial charge in [0.1, 0.15) is 10.5 Å². The highest BCUT2D eigenvalue weighted by Crippen LogP contribution is 2.26. The van der Waals surface area contributed by atoms with E-state index in [0.717, 1.165) is 5.56 Å². The van der Waals surface area contributed by atoms with E-state index in [0.29, 0.717) is 26.8 Å². The van der Waals surface area contributed by atoms with Crippen molar-refractivity contribution < 1.29 is 4.39 Å². The van der Waals surface area contributed by atoms with Crippen LogP contribution in [0.4, 0.5) is 4.39 Å². The Hall–Kier alpha value is -2.51. The average Bonchev–Trinajstić information content (AvgIpc) is 3.11. The van der Waals surface area contributed by atoms with E-state index in [-0.39, 0.29) is 11.4 Å². The summed E-state index contributed by atoms with van der Waals surface area (Å²) in [4.78, 5) is 21.7. The summed E-state index contributed by atoms with van der Waals surface area (Å²) < 4.78 is 15.4. The number of thioether (sulfide) groups is 1. The van der Waals surface area contributed by atoms with Crippen LogP contribution in [-0.2, 0) is 5.75 Å². The molecule has 0 atom stereocenters. The van der Waals surface area contributed by atoms with E-state index in [1.807, 2.05) is 23.6 Å². The van der Waals surface area contributed by atoms with Crippen LogP contribution < -0.4 is 5.56 Å². The molecule has 4 aromatic rings. The minimum absolute atomic E-state index is 0.139. The third-order valence-corrected chi connectivity index (χ3v) is 5.53. The lowest BCUT2D eigenvalue weighted by Crippen LogP contribution is -2.20. The molecule has 0 amide bonds. The van der Waals surface area contributed by atoms with Gasteiger partial charge >= 0.3 is 0 Å². The Morgan fingerprint density at radius 1 is 1.16 bits per heavy atom. The van der Waals surface area contributed by atoms with Gasteiger partial charge in [0.25, 0.3) is 5.56 Å². The number of hydrogen-bond donors (Lipinski definition) is 0. The third kappa shape index (κ3) is 3.20. The second kappa shape index (κ2) is 6.78. The molecule has 3 heterocycles. The molecular formula is C18H12FN3OS2. The third-order valence-electron chi connectivity index (χ3n) is 3.62. The average molecular weight is 369 g/mol. The number of hydrogen-bond acceptors (Lipinski definition) is 5. The lowest BCUT2D eigenvalue weighted by Gasteiger charge is -2.12. The first-order chi connectivity index (χ1) is 12.2. The zero-order valence-electron chi connectivity index (χ0n) is 12.9. The fourth-order valence-corrected chi connectivity index (χ4v) is 4.14. The molecule has 124 valence electrons. The van der Waals surface area contributed by atoms with Crippen LogP contribution in [0.2, 0.25) is 0 Å². The topological polar surface area (TPSA) is 47.8 Å². The van der Waals surface area contributed by atoms with Crippen LogP contribution >= 0.6 is 23.1 Å². The first-order valence-electron chi connectivity index (χ1n) is 7.50. The standard InChI is InChI=1S/C18H12FN3OS2/c19-13-3-5-14(6-4-13)22-17(23)16-15(7-9-24-16)21-18(22)25-11-12-2-1-8-20-10-12/h1-10H,11H2. The Balaban J connectivity index is 1.82. The van der Waals surface area contributed by atoms with Gasteiger partial charge in [-0.25, -0.2) is 9.37 Å². The van der Waals surface area contributed by atoms with Crippen LogP contribution in [0.3, 0.4) is 0 Å². The molecule has 4 rings (SSSR count). The summed E-state index contributed by atoms with van der Waals surface area (Å²) >= 11 is 2.81. The van der Waals surface area contributed by atoms with Crippen molar-refractivity contribution in [3.05, 3.63) is 82.0 Å². The molecule has 0 saturated carbocycles. The van der Waals surface area contributed by atoms with Gasteiger partial charge in [-0.15, -0.1) is 11.3 Å². The minimum Gasteiger partial charge on any atom is -0.267 e. The number of fused-ring (bicyclic) bond motifs is 1. The Morgan fingerprint density at radius 2 is 2.00 bits per heavy atom. The van der Waals surface area contributed by atoms with E-state index in [9.17, 15) is 9.18 Å². The van der Waals surface area contributed by atoms with Crippen molar-refractivity contribution in [2.45, 2.75) is 10.9 Å². The summed E-state index contributed by atoms with van der Waals surface area (Å²) in [5, 5.41) is 2.43. The second-order valence-electron chi connectivity index (χ2n) is 5.30. The van der Waals surface area contributed by atoms with Crippen LogP contribution in [0, 0.1) is 5.82 Å². The fourth-order valence-electron chi connectivity index (χ4n) is 2.44. The van der Waals surface area contributed by atoms with Crippen molar-refractivity contribution in [1.82, 2.24) is 14.5 Å². The molecule has 3 aromatic heterocycles. The van der Waals surface area contributed by atoms with Crippen molar-refractivity contribution in [3.63, 3.8) is 0 Å². The van der Waals surface area contributed by atoms with Crippen molar-refractivity contribution in [1.29, 1.82) is 0 Å². The molecule has 0 bridgehead atoms. The summed E-state index contributed by atoms with van der Waals surface area (Å²) in [6.45, 7) is 0. The maximum absolute atomic E-state index is 13.3. The van der Waals surface area contributed by atoms with Crippen LogP contribution in [-0.4, -0.2) is 14.5 Å². The van der Waals surface area contributed by atoms with E-state index in [1.165, 1.54) is 35.2 Å². The smallest absolute Gasteiger partial charge is 0.267 e. The molecule has 0 fully saturated rings. The van der Waals surface area contributed by atoms with Crippen LogP contribution in [0.25, 0.3) is 15.9 Å². The Kier molecular flexibility index (Phi) is 4.33. The molecule has 0 aliphatic carbocycles. The lowest BCUT2D eigenvalue weighted by molar-refractivity contribution is 0.627. The molecule has 1 aromatic carbocycles. The first kappa shape index (κ1) is 16.0. The Labute approximate surface area is 151 Å². The molecule has 0 aliphatic rings. The predicted molar refractivity (Wildman–Crippen MR) is 99.0 cm³/mol. The summed E-state index contributed by atoms with van der Waals surface area (Å²) in [7, 11) is 0. The Bertz CT molecular complexity index is 1080. The zero-order valence-corrected chi connectivity index (χ0v) is 14.6. The highest BCUT2D eigenvalue weighted by Gasteiger charge is 2.14. The molecule has 25 heavy (non-hydrogen) atoms. The quantitative estimate of drug-likeness (QED) is 0.398. The number of rotatable bonds is 4. The molecule has 7 heteroatoms. The number of pyridine rings is 1. The summed E-state index contributed by atoms with van der Waals surface area (Å²) in [5.74, 6) is 0.295. The predicted octanol–water partition coefficient (Wildman–Crippen LogP) is 4.27. The molecule has 0 N–H and O–H groups in total. The second-order valence-corrected chi connectivity index (χ2v) is 7.15. The van der Waals surface area contributed by atoms with Crippen molar-refractivity contribution in [2.24, 2.45) is 0 Å². The molecule has 0 radical (unpaired) electrons. The van der Waals surface area contributed by atoms with Crippen LogP contribution in [0.1, 0.15) is 5.56 Å². The van der Waals surface area contributed by atoms with Gasteiger partial charge in [0.2, 0.25) is 0 Å². The maximum Gasteiger partial charge on any atom is 0.276 e. The van der Waals surface area contributed by atoms with Gasteiger partial charge in [-0.1, -0.05) is 17.8 Å². The Morgan fingerprint density at radius 3 is 2.76 bits per heavy atom. The van der Waals surface area contributed by atoms with Gasteiger partial charge in [-0.2, -0.15) is 0 Å². The summed E-state index contributed by atoms with van der Waals surface area (Å²) in [6.07, 6.45) is 3.51. The highest BCUT2D eigenvalue weighted by molar-refractivity contribution is 7.98. The number of aromatic nitrogens is 3. The van der Waals surface area contributed by atoms with Gasteiger partial charge in [-0.3, -0.25) is 14.3 Å². The lowest BCUT2D eigenvalue weighted by atomic mass is 10.3. The zero-order chi connectivity index (χ0) is 17.2. The number of nitrogens with zero attached hydrogens (tertiary/aromatic N) is 3. The highest BCUT2D eigenvalue weighted by atomic mass is 32.2. The van der Waals surface area contributed by atoms with Crippen molar-refractivity contribution in [3.8, 4) is 5.69 Å². The van der Waals surface area contributed by atoms with Gasteiger partial charge < -0.3 is 0 Å². The minimum atomic E-state index is -0.341. The summed E-state index contributed by atoms with van der Waals surface area (Å²) in [5.41, 5.74) is 2.18. The molecule has 0 saturated heterocycles. The van der Waals surface area contributed by atoms with Crippen molar-refractivity contribution >= 4 is 33.3 Å². The molecule has 4 nitrogen and oxygen atoms in total. The van der Waals surface area contributed by atoms with E-state index in [4.69, 9.17) is 0 Å². The summed E-state index contributed by atoms with van der Waals surface area (Å²) in [6, 6.07) is 11.6. The normalized spacial score (nSPS) is 11.1. The van der Waals surface area contributed by atoms with E-state index in [1.54, 1.807) is 29.1 Å². The monoisotopic (exact) mass is 369 g/mol. The van der Waals surface area contributed by atoms with E-state index >= 15 is 0 Å². The maximum atomic E-state index is 13.3. The van der Waals surface area contributed by atoms with Crippen molar-refractivity contribution in [2.75, 3.05) is 0 Å². The van der Waals surface area contributed by atoms with Crippen LogP contribution in [0.15, 0.2) is 70.2 Å². The van der Waals surface area contributed by atoms with Crippen LogP contribution in [0.5, 0.6) is 0 Å². The number of thiophene rings is 1. The molecule has 0 unspecified atom stereocenters. The first-order valence-corrected chi connectivity index (χ1v) is 9.37. The molecular weight excluding hydrogens is 357 g/mol. The molecule has 0 spiro atoms. The van der Waals surface area contributed by atoms with Gasteiger partial charge in [0.15, 0.2) is 5.16 Å². The van der Waals surface area contributed by atoms with E-state index < -0.39 is 0 Å².